The second kappa shape index (κ2) is 10.7. The molecule has 4 heterocycles. The molecule has 1 unspecified atom stereocenters. The highest BCUT2D eigenvalue weighted by Crippen LogP contribution is 2.57. The van der Waals surface area contributed by atoms with Crippen LogP contribution in [0.2, 0.25) is 0 Å². The average molecular weight is 522 g/mol. The van der Waals surface area contributed by atoms with Crippen LogP contribution < -0.4 is 0 Å². The van der Waals surface area contributed by atoms with E-state index in [0.717, 1.165) is 24.8 Å². The minimum absolute atomic E-state index is 0.0903. The third kappa shape index (κ3) is 4.37. The molecule has 5 rings (SSSR count). The maximum atomic E-state index is 14.2. The molecular formula is C30H39N3O5. The molecule has 1 aromatic rings. The zero-order valence-corrected chi connectivity index (χ0v) is 22.4. The number of carbonyl (C=O) groups excluding carboxylic acids is 3. The highest BCUT2D eigenvalue weighted by molar-refractivity contribution is 6.00. The lowest BCUT2D eigenvalue weighted by Gasteiger charge is -2.37. The summed E-state index contributed by atoms with van der Waals surface area (Å²) in [5.74, 6) is -2.10. The number of hydrogen-bond acceptors (Lipinski definition) is 5. The summed E-state index contributed by atoms with van der Waals surface area (Å²) in [5.41, 5.74) is -1.25. The smallest absolute Gasteiger partial charge is 0.249 e. The van der Waals surface area contributed by atoms with Crippen molar-refractivity contribution >= 4 is 17.7 Å². The summed E-state index contributed by atoms with van der Waals surface area (Å²) in [4.78, 5) is 47.6. The van der Waals surface area contributed by atoms with Crippen molar-refractivity contribution in [1.29, 1.82) is 0 Å². The molecule has 0 saturated carbocycles. The van der Waals surface area contributed by atoms with Gasteiger partial charge in [-0.15, -0.1) is 0 Å². The van der Waals surface area contributed by atoms with Gasteiger partial charge in [0.1, 0.15) is 11.6 Å². The number of aliphatic hydroxyl groups excluding tert-OH is 1. The quantitative estimate of drug-likeness (QED) is 0.399. The van der Waals surface area contributed by atoms with Gasteiger partial charge in [0.05, 0.1) is 17.4 Å². The van der Waals surface area contributed by atoms with E-state index >= 15 is 0 Å². The van der Waals surface area contributed by atoms with Crippen molar-refractivity contribution in [2.24, 2.45) is 11.8 Å². The normalized spacial score (nSPS) is 32.3. The Morgan fingerprint density at radius 3 is 2.37 bits per heavy atom. The summed E-state index contributed by atoms with van der Waals surface area (Å²) in [6.07, 6.45) is 11.0. The fraction of sp³-hybridized carbons (Fsp3) is 0.567. The largest absolute Gasteiger partial charge is 0.396 e. The zero-order chi connectivity index (χ0) is 26.9. The number of carbonyl (C=O) groups is 3. The van der Waals surface area contributed by atoms with Gasteiger partial charge in [-0.2, -0.15) is 0 Å². The molecule has 5 atom stereocenters. The summed E-state index contributed by atoms with van der Waals surface area (Å²) < 4.78 is 6.83. The number of amides is 3. The monoisotopic (exact) mass is 521 g/mol. The van der Waals surface area contributed by atoms with Crippen LogP contribution in [0.3, 0.4) is 0 Å². The molecule has 2 saturated heterocycles. The van der Waals surface area contributed by atoms with Crippen molar-refractivity contribution in [2.45, 2.75) is 63.3 Å². The van der Waals surface area contributed by atoms with Crippen molar-refractivity contribution in [1.82, 2.24) is 14.7 Å². The highest BCUT2D eigenvalue weighted by Gasteiger charge is 2.74. The molecule has 0 aromatic heterocycles. The van der Waals surface area contributed by atoms with Gasteiger partial charge in [0.2, 0.25) is 17.7 Å². The minimum Gasteiger partial charge on any atom is -0.396 e. The Kier molecular flexibility index (Phi) is 7.47. The van der Waals surface area contributed by atoms with Gasteiger partial charge >= 0.3 is 0 Å². The number of likely N-dealkylation sites (tertiary alicyclic amines) is 1. The first-order valence-corrected chi connectivity index (χ1v) is 13.9. The molecule has 3 amide bonds. The van der Waals surface area contributed by atoms with Crippen molar-refractivity contribution in [3.8, 4) is 0 Å². The molecule has 0 radical (unpaired) electrons. The van der Waals surface area contributed by atoms with Crippen LogP contribution in [0.4, 0.5) is 0 Å². The van der Waals surface area contributed by atoms with Gasteiger partial charge in [-0.05, 0) is 25.3 Å². The predicted octanol–water partition coefficient (Wildman–Crippen LogP) is 2.53. The Morgan fingerprint density at radius 1 is 0.895 bits per heavy atom. The van der Waals surface area contributed by atoms with Crippen molar-refractivity contribution in [3.05, 3.63) is 60.2 Å². The van der Waals surface area contributed by atoms with E-state index in [4.69, 9.17) is 4.74 Å². The number of ether oxygens (including phenoxy) is 1. The average Bonchev–Trinajstić information content (AvgIpc) is 3.18. The maximum absolute atomic E-state index is 14.2. The van der Waals surface area contributed by atoms with E-state index in [1.54, 1.807) is 9.80 Å². The molecule has 4 aliphatic rings. The standard InChI is InChI=1S/C30H39N3O5/c1-3-4-8-16-31-17-10-15-30-24(27(36)33(19-11-20-34)25(30)28(31)37)23-26(35)32(18-9-14-29(23,2)38-30)21-22-12-6-5-7-13-22/h5-7,9-10,12-15,23-25,34H,3-4,8,11,16-21H2,1-2H3/t23-,24+,25?,29+,30+/m1/s1. The molecule has 8 nitrogen and oxygen atoms in total. The van der Waals surface area contributed by atoms with Crippen molar-refractivity contribution in [3.63, 3.8) is 0 Å². The molecule has 2 fully saturated rings. The Bertz CT molecular complexity index is 1120. The summed E-state index contributed by atoms with van der Waals surface area (Å²) in [7, 11) is 0. The number of aliphatic hydroxyl groups is 1. The third-order valence-electron chi connectivity index (χ3n) is 8.53. The number of benzene rings is 1. The van der Waals surface area contributed by atoms with Crippen molar-refractivity contribution in [2.75, 3.05) is 32.8 Å². The molecule has 0 bridgehead atoms. The number of rotatable bonds is 9. The molecular weight excluding hydrogens is 482 g/mol. The van der Waals surface area contributed by atoms with Gasteiger partial charge in [0.15, 0.2) is 0 Å². The Balaban J connectivity index is 1.53. The predicted molar refractivity (Wildman–Crippen MR) is 143 cm³/mol. The molecule has 1 spiro atoms. The van der Waals surface area contributed by atoms with Gasteiger partial charge < -0.3 is 24.5 Å². The molecule has 4 aliphatic heterocycles. The van der Waals surface area contributed by atoms with E-state index in [2.05, 4.69) is 6.92 Å². The van der Waals surface area contributed by atoms with Crippen LogP contribution in [0.5, 0.6) is 0 Å². The third-order valence-corrected chi connectivity index (χ3v) is 8.53. The van der Waals surface area contributed by atoms with Gasteiger partial charge in [-0.25, -0.2) is 0 Å². The lowest BCUT2D eigenvalue weighted by atomic mass is 9.74. The Hall–Kier alpha value is -2.97. The molecule has 1 N–H and O–H groups in total. The molecule has 8 heteroatoms. The summed E-state index contributed by atoms with van der Waals surface area (Å²) >= 11 is 0. The minimum atomic E-state index is -1.24. The topological polar surface area (TPSA) is 90.4 Å². The molecule has 38 heavy (non-hydrogen) atoms. The van der Waals surface area contributed by atoms with E-state index in [0.29, 0.717) is 32.6 Å². The number of unbranched alkanes of at least 4 members (excludes halogenated alkanes) is 2. The van der Waals surface area contributed by atoms with Gasteiger partial charge in [0.25, 0.3) is 0 Å². The first-order valence-electron chi connectivity index (χ1n) is 13.9. The Morgan fingerprint density at radius 2 is 1.63 bits per heavy atom. The highest BCUT2D eigenvalue weighted by atomic mass is 16.5. The first-order chi connectivity index (χ1) is 18.4. The molecule has 1 aromatic carbocycles. The van der Waals surface area contributed by atoms with E-state index < -0.39 is 29.1 Å². The summed E-state index contributed by atoms with van der Waals surface area (Å²) in [6.45, 7) is 6.06. The van der Waals surface area contributed by atoms with Gasteiger partial charge in [-0.1, -0.05) is 74.4 Å². The van der Waals surface area contributed by atoms with E-state index in [9.17, 15) is 19.5 Å². The number of nitrogens with zero attached hydrogens (tertiary/aromatic N) is 3. The summed E-state index contributed by atoms with van der Waals surface area (Å²) in [5, 5.41) is 9.56. The van der Waals surface area contributed by atoms with E-state index in [1.807, 2.05) is 66.5 Å². The lowest BCUT2D eigenvalue weighted by Crippen LogP contribution is -2.56. The SMILES string of the molecule is CCCCCN1CC=C[C@]23O[C@@]4(C)C=CCN(Cc5ccccc5)C(=O)[C@H]4[C@H]2C(=O)N(CCCO)C3C1=O. The van der Waals surface area contributed by atoms with Crippen LogP contribution in [0, 0.1) is 11.8 Å². The van der Waals surface area contributed by atoms with Gasteiger partial charge in [0, 0.05) is 39.3 Å². The fourth-order valence-electron chi connectivity index (χ4n) is 6.80. The van der Waals surface area contributed by atoms with Crippen LogP contribution in [-0.4, -0.2) is 87.6 Å². The molecule has 204 valence electrons. The van der Waals surface area contributed by atoms with E-state index in [1.165, 1.54) is 0 Å². The second-order valence-electron chi connectivity index (χ2n) is 11.1. The van der Waals surface area contributed by atoms with Crippen LogP contribution in [0.1, 0.15) is 45.1 Å². The zero-order valence-electron chi connectivity index (χ0n) is 22.4. The molecule has 0 aliphatic carbocycles. The van der Waals surface area contributed by atoms with E-state index in [-0.39, 0.29) is 30.9 Å². The van der Waals surface area contributed by atoms with Crippen LogP contribution >= 0.6 is 0 Å². The number of hydrogen-bond donors (Lipinski definition) is 1. The van der Waals surface area contributed by atoms with Gasteiger partial charge in [-0.3, -0.25) is 14.4 Å². The first kappa shape index (κ1) is 26.6. The second-order valence-corrected chi connectivity index (χ2v) is 11.1. The maximum Gasteiger partial charge on any atom is 0.249 e. The number of fused-ring (bicyclic) bond motifs is 2. The van der Waals surface area contributed by atoms with Crippen molar-refractivity contribution < 1.29 is 24.2 Å². The van der Waals surface area contributed by atoms with Crippen LogP contribution in [-0.2, 0) is 25.7 Å². The summed E-state index contributed by atoms with van der Waals surface area (Å²) in [6, 6.07) is 8.95. The fourth-order valence-corrected chi connectivity index (χ4v) is 6.80. The van der Waals surface area contributed by atoms with Crippen LogP contribution in [0.15, 0.2) is 54.6 Å². The lowest BCUT2D eigenvalue weighted by molar-refractivity contribution is -0.153. The Labute approximate surface area is 224 Å². The van der Waals surface area contributed by atoms with Crippen LogP contribution in [0.25, 0.3) is 0 Å².